The Labute approximate surface area is 452 Å². The number of aliphatic hydroxyl groups is 2. The summed E-state index contributed by atoms with van der Waals surface area (Å²) in [5.74, 6) is -3.25. The van der Waals surface area contributed by atoms with Crippen LogP contribution < -0.4 is 0 Å². The maximum Gasteiger partial charge on any atom is 0.335 e. The second-order valence-corrected chi connectivity index (χ2v) is 18.8. The zero-order valence-electron chi connectivity index (χ0n) is 46.2. The van der Waals surface area contributed by atoms with Gasteiger partial charge in [0, 0.05) is 19.3 Å². The minimum atomic E-state index is -1.93. The summed E-state index contributed by atoms with van der Waals surface area (Å²) in [6.45, 7) is 5.62. The van der Waals surface area contributed by atoms with Crippen LogP contribution in [0.25, 0.3) is 0 Å². The highest BCUT2D eigenvalue weighted by molar-refractivity contribution is 5.74. The Kier molecular flexibility index (Phi) is 45.4. The number of ether oxygens (including phenoxy) is 5. The highest BCUT2D eigenvalue weighted by atomic mass is 16.7. The molecular weight excluding hydrogens is 949 g/mol. The summed E-state index contributed by atoms with van der Waals surface area (Å²) in [4.78, 5) is 51.0. The third-order valence-corrected chi connectivity index (χ3v) is 12.0. The summed E-state index contributed by atoms with van der Waals surface area (Å²) in [7, 11) is 0. The van der Waals surface area contributed by atoms with E-state index in [9.17, 15) is 34.5 Å². The average Bonchev–Trinajstić information content (AvgIpc) is 3.39. The van der Waals surface area contributed by atoms with E-state index in [-0.39, 0.29) is 25.9 Å². The molecule has 0 aliphatic carbocycles. The van der Waals surface area contributed by atoms with Crippen molar-refractivity contribution in [3.05, 3.63) is 122 Å². The van der Waals surface area contributed by atoms with Crippen molar-refractivity contribution in [3.8, 4) is 0 Å². The largest absolute Gasteiger partial charge is 0.479 e. The van der Waals surface area contributed by atoms with E-state index in [4.69, 9.17) is 23.7 Å². The first-order valence-electron chi connectivity index (χ1n) is 28.5. The first-order valence-corrected chi connectivity index (χ1v) is 28.5. The Morgan fingerprint density at radius 3 is 1.31 bits per heavy atom. The van der Waals surface area contributed by atoms with Gasteiger partial charge in [-0.15, -0.1) is 0 Å². The van der Waals surface area contributed by atoms with Gasteiger partial charge in [0.15, 0.2) is 24.6 Å². The molecule has 3 N–H and O–H groups in total. The quantitative estimate of drug-likeness (QED) is 0.0228. The second kappa shape index (κ2) is 50.0. The predicted molar refractivity (Wildman–Crippen MR) is 303 cm³/mol. The molecular formula is C63H98O12. The minimum Gasteiger partial charge on any atom is -0.479 e. The van der Waals surface area contributed by atoms with E-state index in [0.29, 0.717) is 25.7 Å². The molecule has 1 fully saturated rings. The van der Waals surface area contributed by atoms with Gasteiger partial charge in [-0.2, -0.15) is 0 Å². The zero-order valence-corrected chi connectivity index (χ0v) is 46.2. The predicted octanol–water partition coefficient (Wildman–Crippen LogP) is 14.4. The Morgan fingerprint density at radius 2 is 0.840 bits per heavy atom. The van der Waals surface area contributed by atoms with Gasteiger partial charge >= 0.3 is 23.9 Å². The zero-order chi connectivity index (χ0) is 54.7. The summed E-state index contributed by atoms with van der Waals surface area (Å²) in [6, 6.07) is 0. The SMILES string of the molecule is CC/C=C\C/C=C\C/C=C\C/C=C\CCCCCCC(=O)OCC(COC1OC(C(=O)O)C(O)C(O)C1OC(=O)CCCC/C=C\C/C=C\C/C=C\C/C=C\CC)OC(=O)CCCCCCC/C=C\C/C=C\CCC. The molecule has 0 aromatic heterocycles. The summed E-state index contributed by atoms with van der Waals surface area (Å²) in [5.41, 5.74) is 0. The van der Waals surface area contributed by atoms with Crippen LogP contribution in [0.15, 0.2) is 122 Å². The number of carboxylic acids is 1. The van der Waals surface area contributed by atoms with Crippen LogP contribution in [0.1, 0.15) is 201 Å². The number of hydrogen-bond acceptors (Lipinski definition) is 11. The Balaban J connectivity index is 2.76. The van der Waals surface area contributed by atoms with Crippen LogP contribution in [0.4, 0.5) is 0 Å². The normalized spacial score (nSPS) is 19.1. The van der Waals surface area contributed by atoms with E-state index >= 15 is 0 Å². The number of unbranched alkanes of at least 4 members (excludes halogenated alkanes) is 12. The number of rotatable bonds is 46. The number of carboxylic acid groups (broad SMARTS) is 1. The molecule has 1 aliphatic rings. The number of aliphatic hydroxyl groups excluding tert-OH is 2. The maximum atomic E-state index is 13.1. The first kappa shape index (κ1) is 68.1. The molecule has 0 radical (unpaired) electrons. The summed E-state index contributed by atoms with van der Waals surface area (Å²) in [6.07, 6.45) is 56.0. The van der Waals surface area contributed by atoms with Crippen LogP contribution in [-0.2, 0) is 42.9 Å². The van der Waals surface area contributed by atoms with E-state index in [2.05, 4.69) is 142 Å². The van der Waals surface area contributed by atoms with Gasteiger partial charge < -0.3 is 39.0 Å². The lowest BCUT2D eigenvalue weighted by Crippen LogP contribution is -2.61. The van der Waals surface area contributed by atoms with Crippen molar-refractivity contribution in [2.75, 3.05) is 13.2 Å². The molecule has 75 heavy (non-hydrogen) atoms. The Hall–Kier alpha value is -4.88. The van der Waals surface area contributed by atoms with E-state index < -0.39 is 67.3 Å². The van der Waals surface area contributed by atoms with Gasteiger partial charge in [-0.3, -0.25) is 14.4 Å². The van der Waals surface area contributed by atoms with Crippen LogP contribution >= 0.6 is 0 Å². The lowest BCUT2D eigenvalue weighted by atomic mass is 9.98. The summed E-state index contributed by atoms with van der Waals surface area (Å²) < 4.78 is 28.3. The molecule has 1 saturated heterocycles. The molecule has 1 aliphatic heterocycles. The van der Waals surface area contributed by atoms with Crippen molar-refractivity contribution >= 4 is 23.9 Å². The molecule has 0 spiro atoms. The average molecular weight is 1050 g/mol. The van der Waals surface area contributed by atoms with E-state index in [1.807, 2.05) is 0 Å². The monoisotopic (exact) mass is 1050 g/mol. The third kappa shape index (κ3) is 40.1. The van der Waals surface area contributed by atoms with Gasteiger partial charge in [0.05, 0.1) is 6.61 Å². The third-order valence-electron chi connectivity index (χ3n) is 12.0. The molecule has 12 nitrogen and oxygen atoms in total. The number of carbonyl (C=O) groups is 4. The topological polar surface area (TPSA) is 175 Å². The van der Waals surface area contributed by atoms with Gasteiger partial charge in [-0.1, -0.05) is 181 Å². The van der Waals surface area contributed by atoms with Gasteiger partial charge in [0.25, 0.3) is 0 Å². The molecule has 0 aromatic rings. The van der Waals surface area contributed by atoms with Crippen molar-refractivity contribution in [1.82, 2.24) is 0 Å². The van der Waals surface area contributed by atoms with Gasteiger partial charge in [-0.05, 0) is 122 Å². The van der Waals surface area contributed by atoms with Crippen LogP contribution in [0.3, 0.4) is 0 Å². The van der Waals surface area contributed by atoms with Crippen LogP contribution in [-0.4, -0.2) is 89.2 Å². The molecule has 0 amide bonds. The first-order chi connectivity index (χ1) is 36.6. The smallest absolute Gasteiger partial charge is 0.335 e. The van der Waals surface area contributed by atoms with Crippen molar-refractivity contribution in [1.29, 1.82) is 0 Å². The van der Waals surface area contributed by atoms with Gasteiger partial charge in [0.1, 0.15) is 18.8 Å². The molecule has 1 heterocycles. The Bertz CT molecular complexity index is 1770. The molecule has 6 unspecified atom stereocenters. The molecule has 0 aromatic carbocycles. The number of carbonyl (C=O) groups excluding carboxylic acids is 3. The highest BCUT2D eigenvalue weighted by Crippen LogP contribution is 2.26. The standard InChI is InChI=1S/C63H98O12/c1-4-7-10-13-16-19-22-25-27-28-30-32-34-37-40-43-46-49-55(64)71-52-54(73-56(65)50-47-44-41-38-35-31-24-21-18-15-12-9-6-3)53-72-63-61(59(68)58(67)60(75-63)62(69)70)74-57(66)51-48-45-42-39-36-33-29-26-23-20-17-14-11-8-5-2/h7-8,10-12,15-17,19-21,24-27,29-30,32,36,39,54,58-61,63,67-68H,4-6,9,13-14,18,22-23,28,31,33-35,37-38,40-53H2,1-3H3,(H,69,70)/b10-7-,11-8-,15-12-,19-16-,20-17-,24-21-,27-25-,29-26-,32-30-,39-36-. The summed E-state index contributed by atoms with van der Waals surface area (Å²) >= 11 is 0. The number of aliphatic carboxylic acids is 1. The molecule has 0 bridgehead atoms. The van der Waals surface area contributed by atoms with Crippen molar-refractivity contribution in [2.45, 2.75) is 237 Å². The van der Waals surface area contributed by atoms with Gasteiger partial charge in [0.2, 0.25) is 0 Å². The van der Waals surface area contributed by atoms with Crippen molar-refractivity contribution in [3.63, 3.8) is 0 Å². The summed E-state index contributed by atoms with van der Waals surface area (Å²) in [5, 5.41) is 31.4. The van der Waals surface area contributed by atoms with Gasteiger partial charge in [-0.25, -0.2) is 4.79 Å². The van der Waals surface area contributed by atoms with E-state index in [0.717, 1.165) is 135 Å². The molecule has 0 saturated carbocycles. The van der Waals surface area contributed by atoms with E-state index in [1.54, 1.807) is 0 Å². The molecule has 12 heteroatoms. The number of hydrogen-bond donors (Lipinski definition) is 3. The lowest BCUT2D eigenvalue weighted by molar-refractivity contribution is -0.301. The fourth-order valence-corrected chi connectivity index (χ4v) is 7.68. The van der Waals surface area contributed by atoms with Crippen LogP contribution in [0.5, 0.6) is 0 Å². The fourth-order valence-electron chi connectivity index (χ4n) is 7.68. The number of allylic oxidation sites excluding steroid dienone is 20. The molecule has 422 valence electrons. The highest BCUT2D eigenvalue weighted by Gasteiger charge is 2.50. The number of esters is 3. The Morgan fingerprint density at radius 1 is 0.453 bits per heavy atom. The molecule has 6 atom stereocenters. The second-order valence-electron chi connectivity index (χ2n) is 18.8. The molecule has 1 rings (SSSR count). The van der Waals surface area contributed by atoms with Crippen molar-refractivity contribution < 1.29 is 58.2 Å². The lowest BCUT2D eigenvalue weighted by Gasteiger charge is -2.40. The minimum absolute atomic E-state index is 0.00253. The maximum absolute atomic E-state index is 13.1. The fraction of sp³-hybridized carbons (Fsp3) is 0.619. The van der Waals surface area contributed by atoms with Crippen LogP contribution in [0.2, 0.25) is 0 Å². The van der Waals surface area contributed by atoms with Crippen LogP contribution in [0, 0.1) is 0 Å². The van der Waals surface area contributed by atoms with Crippen molar-refractivity contribution in [2.24, 2.45) is 0 Å². The van der Waals surface area contributed by atoms with E-state index in [1.165, 1.54) is 0 Å².